The summed E-state index contributed by atoms with van der Waals surface area (Å²) in [6.07, 6.45) is 3.53. The largest absolute Gasteiger partial charge is 0.395 e. The van der Waals surface area contributed by atoms with Gasteiger partial charge in [0.05, 0.1) is 6.61 Å². The number of aliphatic hydroxyl groups is 1. The van der Waals surface area contributed by atoms with Crippen molar-refractivity contribution in [1.29, 1.82) is 0 Å². The van der Waals surface area contributed by atoms with Crippen molar-refractivity contribution in [2.45, 2.75) is 45.7 Å². The van der Waals surface area contributed by atoms with Crippen LogP contribution in [0.25, 0.3) is 0 Å². The molecule has 0 saturated heterocycles. The molecule has 118 valence electrons. The fourth-order valence-corrected chi connectivity index (χ4v) is 3.51. The zero-order chi connectivity index (χ0) is 15.3. The number of aliphatic hydroxyl groups excluding tert-OH is 1. The second-order valence-electron chi connectivity index (χ2n) is 7.28. The van der Waals surface area contributed by atoms with Gasteiger partial charge in [-0.1, -0.05) is 44.2 Å². The molecule has 1 saturated carbocycles. The molecule has 0 aromatic heterocycles. The maximum absolute atomic E-state index is 9.34. The summed E-state index contributed by atoms with van der Waals surface area (Å²) in [5.74, 6) is 0.531. The molecular formula is C18H30N2O. The fraction of sp³-hybridized carbons (Fsp3) is 0.667. The summed E-state index contributed by atoms with van der Waals surface area (Å²) in [5, 5.41) is 9.34. The Kier molecular flexibility index (Phi) is 5.80. The van der Waals surface area contributed by atoms with E-state index < -0.39 is 0 Å². The highest BCUT2D eigenvalue weighted by Gasteiger charge is 2.33. The van der Waals surface area contributed by atoms with E-state index in [0.29, 0.717) is 17.4 Å². The summed E-state index contributed by atoms with van der Waals surface area (Å²) in [6.45, 7) is 7.50. The van der Waals surface area contributed by atoms with Crippen molar-refractivity contribution in [3.63, 3.8) is 0 Å². The zero-order valence-corrected chi connectivity index (χ0v) is 13.5. The maximum atomic E-state index is 9.34. The summed E-state index contributed by atoms with van der Waals surface area (Å²) in [7, 11) is 0. The van der Waals surface area contributed by atoms with Crippen LogP contribution < -0.4 is 5.73 Å². The first-order valence-electron chi connectivity index (χ1n) is 8.13. The topological polar surface area (TPSA) is 49.5 Å². The number of benzene rings is 1. The van der Waals surface area contributed by atoms with Gasteiger partial charge in [0, 0.05) is 25.7 Å². The second-order valence-corrected chi connectivity index (χ2v) is 7.28. The normalized spacial score (nSPS) is 25.2. The van der Waals surface area contributed by atoms with Gasteiger partial charge in [0.25, 0.3) is 0 Å². The van der Waals surface area contributed by atoms with E-state index in [9.17, 15) is 5.11 Å². The lowest BCUT2D eigenvalue weighted by atomic mass is 9.70. The standard InChI is InChI=1S/C18H30N2O/c1-18(2)9-8-17(19)16(12-18)14-20(10-11-21)13-15-6-4-3-5-7-15/h3-7,16-17,21H,8-14,19H2,1-2H3. The van der Waals surface area contributed by atoms with E-state index in [1.807, 2.05) is 6.07 Å². The molecule has 3 nitrogen and oxygen atoms in total. The van der Waals surface area contributed by atoms with E-state index in [0.717, 1.165) is 26.1 Å². The van der Waals surface area contributed by atoms with Gasteiger partial charge in [-0.25, -0.2) is 0 Å². The molecule has 0 heterocycles. The van der Waals surface area contributed by atoms with Crippen molar-refractivity contribution < 1.29 is 5.11 Å². The zero-order valence-electron chi connectivity index (χ0n) is 13.5. The van der Waals surface area contributed by atoms with Gasteiger partial charge in [0.2, 0.25) is 0 Å². The van der Waals surface area contributed by atoms with Crippen molar-refractivity contribution in [1.82, 2.24) is 4.90 Å². The van der Waals surface area contributed by atoms with Gasteiger partial charge in [-0.15, -0.1) is 0 Å². The van der Waals surface area contributed by atoms with Gasteiger partial charge in [0.15, 0.2) is 0 Å². The lowest BCUT2D eigenvalue weighted by Crippen LogP contribution is -2.45. The highest BCUT2D eigenvalue weighted by Crippen LogP contribution is 2.38. The molecule has 1 aromatic rings. The summed E-state index contributed by atoms with van der Waals surface area (Å²) in [4.78, 5) is 2.35. The van der Waals surface area contributed by atoms with Crippen LogP contribution in [-0.4, -0.2) is 35.7 Å². The average molecular weight is 290 g/mol. The molecule has 0 aliphatic heterocycles. The number of nitrogens with zero attached hydrogens (tertiary/aromatic N) is 1. The third kappa shape index (κ3) is 5.10. The smallest absolute Gasteiger partial charge is 0.0558 e. The van der Waals surface area contributed by atoms with E-state index in [4.69, 9.17) is 5.73 Å². The van der Waals surface area contributed by atoms with Crippen LogP contribution in [0, 0.1) is 11.3 Å². The van der Waals surface area contributed by atoms with Crippen LogP contribution in [0.2, 0.25) is 0 Å². The first-order chi connectivity index (χ1) is 10.00. The van der Waals surface area contributed by atoms with Gasteiger partial charge in [-0.05, 0) is 36.2 Å². The molecule has 0 amide bonds. The second kappa shape index (κ2) is 7.39. The fourth-order valence-electron chi connectivity index (χ4n) is 3.51. The summed E-state index contributed by atoms with van der Waals surface area (Å²) in [5.41, 5.74) is 8.05. The molecule has 1 aromatic carbocycles. The van der Waals surface area contributed by atoms with Crippen LogP contribution in [0.1, 0.15) is 38.7 Å². The first-order valence-corrected chi connectivity index (χ1v) is 8.13. The Labute approximate surface area is 129 Å². The summed E-state index contributed by atoms with van der Waals surface area (Å²) in [6, 6.07) is 10.8. The highest BCUT2D eigenvalue weighted by atomic mass is 16.3. The number of rotatable bonds is 6. The molecule has 3 heteroatoms. The Morgan fingerprint density at radius 2 is 2.00 bits per heavy atom. The van der Waals surface area contributed by atoms with Crippen molar-refractivity contribution in [2.75, 3.05) is 19.7 Å². The minimum Gasteiger partial charge on any atom is -0.395 e. The Balaban J connectivity index is 1.98. The van der Waals surface area contributed by atoms with E-state index in [-0.39, 0.29) is 6.61 Å². The van der Waals surface area contributed by atoms with E-state index in [2.05, 4.69) is 43.0 Å². The van der Waals surface area contributed by atoms with Crippen LogP contribution in [0.5, 0.6) is 0 Å². The van der Waals surface area contributed by atoms with Crippen molar-refractivity contribution >= 4 is 0 Å². The van der Waals surface area contributed by atoms with Crippen LogP contribution in [0.3, 0.4) is 0 Å². The van der Waals surface area contributed by atoms with Crippen molar-refractivity contribution in [2.24, 2.45) is 17.1 Å². The highest BCUT2D eigenvalue weighted by molar-refractivity contribution is 5.14. The summed E-state index contributed by atoms with van der Waals surface area (Å²) < 4.78 is 0. The van der Waals surface area contributed by atoms with E-state index in [1.54, 1.807) is 0 Å². The minimum atomic E-state index is 0.207. The van der Waals surface area contributed by atoms with Gasteiger partial charge < -0.3 is 10.8 Å². The predicted octanol–water partition coefficient (Wildman–Crippen LogP) is 2.63. The van der Waals surface area contributed by atoms with Crippen molar-refractivity contribution in [3.05, 3.63) is 35.9 Å². The van der Waals surface area contributed by atoms with Gasteiger partial charge in [0.1, 0.15) is 0 Å². The third-order valence-electron chi connectivity index (χ3n) is 4.73. The molecule has 1 aliphatic rings. The van der Waals surface area contributed by atoms with Crippen LogP contribution in [0.15, 0.2) is 30.3 Å². The molecule has 0 spiro atoms. The number of hydrogen-bond donors (Lipinski definition) is 2. The van der Waals surface area contributed by atoms with Crippen LogP contribution >= 0.6 is 0 Å². The Hall–Kier alpha value is -0.900. The quantitative estimate of drug-likeness (QED) is 0.847. The third-order valence-corrected chi connectivity index (χ3v) is 4.73. The van der Waals surface area contributed by atoms with E-state index in [1.165, 1.54) is 18.4 Å². The van der Waals surface area contributed by atoms with Crippen LogP contribution in [-0.2, 0) is 6.54 Å². The molecule has 3 N–H and O–H groups in total. The predicted molar refractivity (Wildman–Crippen MR) is 87.9 cm³/mol. The molecule has 1 fully saturated rings. The molecular weight excluding hydrogens is 260 g/mol. The monoisotopic (exact) mass is 290 g/mol. The SMILES string of the molecule is CC1(C)CCC(N)C(CN(CCO)Cc2ccccc2)C1. The van der Waals surface area contributed by atoms with Crippen LogP contribution in [0.4, 0.5) is 0 Å². The number of hydrogen-bond acceptors (Lipinski definition) is 3. The molecule has 2 rings (SSSR count). The van der Waals surface area contributed by atoms with E-state index >= 15 is 0 Å². The molecule has 0 bridgehead atoms. The minimum absolute atomic E-state index is 0.207. The molecule has 1 aliphatic carbocycles. The first kappa shape index (κ1) is 16.5. The average Bonchev–Trinajstić information content (AvgIpc) is 2.44. The van der Waals surface area contributed by atoms with Gasteiger partial charge >= 0.3 is 0 Å². The number of nitrogens with two attached hydrogens (primary N) is 1. The maximum Gasteiger partial charge on any atom is 0.0558 e. The molecule has 0 radical (unpaired) electrons. The Morgan fingerprint density at radius 1 is 1.29 bits per heavy atom. The van der Waals surface area contributed by atoms with Gasteiger partial charge in [-0.3, -0.25) is 4.90 Å². The Bertz CT molecular complexity index is 418. The molecule has 2 unspecified atom stereocenters. The summed E-state index contributed by atoms with van der Waals surface area (Å²) >= 11 is 0. The Morgan fingerprint density at radius 3 is 2.67 bits per heavy atom. The van der Waals surface area contributed by atoms with Crippen molar-refractivity contribution in [3.8, 4) is 0 Å². The lowest BCUT2D eigenvalue weighted by Gasteiger charge is -2.41. The molecule has 21 heavy (non-hydrogen) atoms. The molecule has 2 atom stereocenters. The lowest BCUT2D eigenvalue weighted by molar-refractivity contribution is 0.100. The van der Waals surface area contributed by atoms with Gasteiger partial charge in [-0.2, -0.15) is 0 Å².